The van der Waals surface area contributed by atoms with Crippen LogP contribution in [0.25, 0.3) is 11.3 Å². The van der Waals surface area contributed by atoms with Gasteiger partial charge in [0.15, 0.2) is 0 Å². The van der Waals surface area contributed by atoms with Crippen LogP contribution in [-0.2, 0) is 9.53 Å². The van der Waals surface area contributed by atoms with E-state index in [0.717, 1.165) is 41.9 Å². The van der Waals surface area contributed by atoms with E-state index in [-0.39, 0.29) is 17.9 Å². The smallest absolute Gasteiger partial charge is 0.407 e. The van der Waals surface area contributed by atoms with Gasteiger partial charge in [0, 0.05) is 12.1 Å². The minimum Gasteiger partial charge on any atom is -0.453 e. The number of amides is 2. The lowest BCUT2D eigenvalue weighted by molar-refractivity contribution is -0.135. The van der Waals surface area contributed by atoms with Crippen LogP contribution >= 0.6 is 0 Å². The fourth-order valence-electron chi connectivity index (χ4n) is 4.01. The molecule has 2 N–H and O–H groups in total. The highest BCUT2D eigenvalue weighted by molar-refractivity contribution is 6.83. The molecule has 182 valence electrons. The highest BCUT2D eigenvalue weighted by Crippen LogP contribution is 2.33. The molecule has 1 aromatic heterocycles. The summed E-state index contributed by atoms with van der Waals surface area (Å²) in [6, 6.07) is 7.38. The van der Waals surface area contributed by atoms with Crippen LogP contribution in [-0.4, -0.2) is 54.6 Å². The van der Waals surface area contributed by atoms with E-state index in [0.29, 0.717) is 6.54 Å². The number of aromatic nitrogens is 2. The number of hydrogen-bond donors (Lipinski definition) is 2. The quantitative estimate of drug-likeness (QED) is 0.462. The molecule has 1 saturated heterocycles. The van der Waals surface area contributed by atoms with Gasteiger partial charge in [0.05, 0.1) is 25.0 Å². The lowest BCUT2D eigenvalue weighted by atomic mass is 9.97. The number of carbonyl (C=O) groups excluding carboxylic acids is 2. The SMILES string of the molecule is CCC(C)C(NC(=O)OC)C(=O)N1CCCC1c1ncc(-c2ccc(C#C[Si](C)(C)C)cc2)[nH]1. The number of ether oxygens (including phenoxy) is 1. The Balaban J connectivity index is 1.77. The topological polar surface area (TPSA) is 87.3 Å². The lowest BCUT2D eigenvalue weighted by Crippen LogP contribution is -2.51. The predicted octanol–water partition coefficient (Wildman–Crippen LogP) is 4.74. The molecule has 1 aliphatic heterocycles. The fourth-order valence-corrected chi connectivity index (χ4v) is 4.53. The summed E-state index contributed by atoms with van der Waals surface area (Å²) in [6.07, 6.45) is 3.71. The largest absolute Gasteiger partial charge is 0.453 e. The Labute approximate surface area is 203 Å². The van der Waals surface area contributed by atoms with Crippen molar-refractivity contribution in [2.75, 3.05) is 13.7 Å². The molecule has 34 heavy (non-hydrogen) atoms. The number of imidazole rings is 1. The molecule has 2 aromatic rings. The highest BCUT2D eigenvalue weighted by Gasteiger charge is 2.38. The number of aromatic amines is 1. The van der Waals surface area contributed by atoms with E-state index >= 15 is 0 Å². The van der Waals surface area contributed by atoms with Gasteiger partial charge >= 0.3 is 6.09 Å². The van der Waals surface area contributed by atoms with Gasteiger partial charge in [0.1, 0.15) is 19.9 Å². The molecular formula is C26H36N4O3Si. The maximum absolute atomic E-state index is 13.4. The zero-order valence-corrected chi connectivity index (χ0v) is 22.1. The normalized spacial score (nSPS) is 17.5. The maximum Gasteiger partial charge on any atom is 0.407 e. The van der Waals surface area contributed by atoms with Gasteiger partial charge in [-0.3, -0.25) is 4.79 Å². The van der Waals surface area contributed by atoms with Crippen LogP contribution < -0.4 is 5.32 Å². The molecule has 8 heteroatoms. The van der Waals surface area contributed by atoms with Gasteiger partial charge in [-0.05, 0) is 36.5 Å². The van der Waals surface area contributed by atoms with Gasteiger partial charge in [-0.25, -0.2) is 9.78 Å². The fraction of sp³-hybridized carbons (Fsp3) is 0.500. The van der Waals surface area contributed by atoms with E-state index in [1.807, 2.05) is 49.2 Å². The van der Waals surface area contributed by atoms with Crippen molar-refractivity contribution in [3.05, 3.63) is 41.9 Å². The van der Waals surface area contributed by atoms with Crippen LogP contribution in [0.1, 0.15) is 50.5 Å². The highest BCUT2D eigenvalue weighted by atomic mass is 28.3. The Bertz CT molecular complexity index is 1060. The minimum atomic E-state index is -1.41. The second-order valence-corrected chi connectivity index (χ2v) is 14.7. The molecule has 0 radical (unpaired) electrons. The van der Waals surface area contributed by atoms with Crippen LogP contribution in [0.2, 0.25) is 19.6 Å². The van der Waals surface area contributed by atoms with E-state index in [1.54, 1.807) is 0 Å². The Morgan fingerprint density at radius 2 is 2.00 bits per heavy atom. The Kier molecular flexibility index (Phi) is 8.21. The lowest BCUT2D eigenvalue weighted by Gasteiger charge is -2.30. The summed E-state index contributed by atoms with van der Waals surface area (Å²) in [5, 5.41) is 2.73. The van der Waals surface area contributed by atoms with Crippen molar-refractivity contribution < 1.29 is 14.3 Å². The van der Waals surface area contributed by atoms with Crippen molar-refractivity contribution in [3.63, 3.8) is 0 Å². The zero-order chi connectivity index (χ0) is 24.9. The van der Waals surface area contributed by atoms with Crippen LogP contribution in [0, 0.1) is 17.4 Å². The number of nitrogens with one attached hydrogen (secondary N) is 2. The average Bonchev–Trinajstić information content (AvgIpc) is 3.49. The second kappa shape index (κ2) is 10.9. The summed E-state index contributed by atoms with van der Waals surface area (Å²) in [5.41, 5.74) is 6.33. The van der Waals surface area contributed by atoms with Gasteiger partial charge in [-0.1, -0.05) is 58.0 Å². The Morgan fingerprint density at radius 3 is 2.62 bits per heavy atom. The number of benzene rings is 1. The summed E-state index contributed by atoms with van der Waals surface area (Å²) < 4.78 is 4.75. The summed E-state index contributed by atoms with van der Waals surface area (Å²) in [5.74, 6) is 3.94. The number of hydrogen-bond acceptors (Lipinski definition) is 4. The van der Waals surface area contributed by atoms with Crippen molar-refractivity contribution in [3.8, 4) is 22.7 Å². The molecule has 0 aliphatic carbocycles. The van der Waals surface area contributed by atoms with Crippen molar-refractivity contribution in [1.29, 1.82) is 0 Å². The summed E-state index contributed by atoms with van der Waals surface area (Å²) in [4.78, 5) is 35.2. The van der Waals surface area contributed by atoms with Crippen LogP contribution in [0.3, 0.4) is 0 Å². The number of rotatable bonds is 6. The molecule has 0 bridgehead atoms. The Hall–Kier alpha value is -3.05. The van der Waals surface area contributed by atoms with E-state index in [9.17, 15) is 9.59 Å². The minimum absolute atomic E-state index is 0.0115. The first-order valence-corrected chi connectivity index (χ1v) is 15.5. The Morgan fingerprint density at radius 1 is 1.29 bits per heavy atom. The van der Waals surface area contributed by atoms with Crippen molar-refractivity contribution in [1.82, 2.24) is 20.2 Å². The number of H-pyrrole nitrogens is 1. The first kappa shape index (κ1) is 25.6. The molecular weight excluding hydrogens is 444 g/mol. The number of likely N-dealkylation sites (tertiary alicyclic amines) is 1. The van der Waals surface area contributed by atoms with Crippen molar-refractivity contribution in [2.45, 2.75) is 64.8 Å². The van der Waals surface area contributed by atoms with Gasteiger partial charge in [0.2, 0.25) is 5.91 Å². The molecule has 2 amide bonds. The first-order valence-electron chi connectivity index (χ1n) is 12.0. The molecule has 0 saturated carbocycles. The van der Waals surface area contributed by atoms with E-state index in [1.165, 1.54) is 7.11 Å². The van der Waals surface area contributed by atoms with Gasteiger partial charge < -0.3 is 19.9 Å². The molecule has 3 unspecified atom stereocenters. The van der Waals surface area contributed by atoms with Crippen LogP contribution in [0.5, 0.6) is 0 Å². The number of methoxy groups -OCH3 is 1. The van der Waals surface area contributed by atoms with Crippen molar-refractivity contribution in [2.24, 2.45) is 5.92 Å². The molecule has 1 fully saturated rings. The van der Waals surface area contributed by atoms with Gasteiger partial charge in [0.25, 0.3) is 0 Å². The van der Waals surface area contributed by atoms with Gasteiger partial charge in [-0.2, -0.15) is 0 Å². The van der Waals surface area contributed by atoms with E-state index < -0.39 is 20.2 Å². The monoisotopic (exact) mass is 480 g/mol. The van der Waals surface area contributed by atoms with E-state index in [4.69, 9.17) is 4.74 Å². The molecule has 2 heterocycles. The average molecular weight is 481 g/mol. The summed E-state index contributed by atoms with van der Waals surface area (Å²) in [7, 11) is -0.107. The molecule has 7 nitrogen and oxygen atoms in total. The predicted molar refractivity (Wildman–Crippen MR) is 137 cm³/mol. The third kappa shape index (κ3) is 6.29. The van der Waals surface area contributed by atoms with Crippen LogP contribution in [0.15, 0.2) is 30.5 Å². The first-order chi connectivity index (χ1) is 16.1. The number of alkyl carbamates (subject to hydrolysis) is 1. The third-order valence-electron chi connectivity index (χ3n) is 6.16. The number of nitrogens with zero attached hydrogens (tertiary/aromatic N) is 2. The standard InChI is InChI=1S/C26H36N4O3Si/c1-7-18(2)23(29-26(32)33-3)25(31)30-15-8-9-22(30)24-27-17-21(28-24)20-12-10-19(11-13-20)14-16-34(4,5)6/h10-13,17-18,22-23H,7-9,15H2,1-6H3,(H,27,28)(H,29,32). The number of carbonyl (C=O) groups is 2. The van der Waals surface area contributed by atoms with E-state index in [2.05, 4.69) is 46.4 Å². The summed E-state index contributed by atoms with van der Waals surface area (Å²) >= 11 is 0. The van der Waals surface area contributed by atoms with Crippen molar-refractivity contribution >= 4 is 20.1 Å². The molecule has 1 aliphatic rings. The maximum atomic E-state index is 13.4. The zero-order valence-electron chi connectivity index (χ0n) is 21.1. The molecule has 3 rings (SSSR count). The second-order valence-electron chi connectivity index (χ2n) is 9.95. The summed E-state index contributed by atoms with van der Waals surface area (Å²) in [6.45, 7) is 11.3. The molecule has 0 spiro atoms. The molecule has 3 atom stereocenters. The molecule has 1 aromatic carbocycles. The van der Waals surface area contributed by atoms with Gasteiger partial charge in [-0.15, -0.1) is 5.54 Å². The van der Waals surface area contributed by atoms with Crippen LogP contribution in [0.4, 0.5) is 4.79 Å². The third-order valence-corrected chi connectivity index (χ3v) is 7.04.